The summed E-state index contributed by atoms with van der Waals surface area (Å²) < 4.78 is 2.05. The summed E-state index contributed by atoms with van der Waals surface area (Å²) in [5, 5.41) is 13.0. The van der Waals surface area contributed by atoms with Crippen LogP contribution in [0.3, 0.4) is 0 Å². The second-order valence-electron chi connectivity index (χ2n) is 10.4. The first-order valence-electron chi connectivity index (χ1n) is 11.8. The van der Waals surface area contributed by atoms with E-state index in [1.54, 1.807) is 0 Å². The zero-order chi connectivity index (χ0) is 21.9. The van der Waals surface area contributed by atoms with Crippen molar-refractivity contribution in [3.05, 3.63) is 41.7 Å². The highest BCUT2D eigenvalue weighted by Gasteiger charge is 2.44. The van der Waals surface area contributed by atoms with E-state index in [2.05, 4.69) is 51.8 Å². The molecule has 7 heteroatoms. The number of carbonyl (C=O) groups is 1. The summed E-state index contributed by atoms with van der Waals surface area (Å²) >= 11 is 0. The Bertz CT molecular complexity index is 858. The third-order valence-electron chi connectivity index (χ3n) is 7.36. The smallest absolute Gasteiger partial charge is 0.265 e. The minimum Gasteiger partial charge on any atom is -0.286 e. The van der Waals surface area contributed by atoms with Crippen molar-refractivity contribution >= 4 is 5.91 Å². The molecule has 2 saturated carbocycles. The number of hydrazine groups is 1. The van der Waals surface area contributed by atoms with Gasteiger partial charge >= 0.3 is 0 Å². The highest BCUT2D eigenvalue weighted by atomic mass is 16.2. The summed E-state index contributed by atoms with van der Waals surface area (Å²) in [4.78, 5) is 12.8. The predicted octanol–water partition coefficient (Wildman–Crippen LogP) is 4.54. The van der Waals surface area contributed by atoms with Gasteiger partial charge in [0.05, 0.1) is 11.6 Å². The van der Waals surface area contributed by atoms with Crippen molar-refractivity contribution in [3.8, 4) is 0 Å². The molecule has 0 radical (unpaired) electrons. The fourth-order valence-corrected chi connectivity index (χ4v) is 5.30. The van der Waals surface area contributed by atoms with Gasteiger partial charge in [-0.05, 0) is 72.4 Å². The Morgan fingerprint density at radius 3 is 2.35 bits per heavy atom. The van der Waals surface area contributed by atoms with Crippen molar-refractivity contribution < 1.29 is 4.79 Å². The summed E-state index contributed by atoms with van der Waals surface area (Å²) in [7, 11) is 0. The lowest BCUT2D eigenvalue weighted by Crippen LogP contribution is -2.55. The molecular weight excluding hydrogens is 388 g/mol. The number of nitrogens with zero attached hydrogens (tertiary/aromatic N) is 4. The number of benzene rings is 1. The standard InChI is InChI=1S/C24H36N6O/c1-23(2,3)19-14-16-24(17-15-19,27-25-21(31)18-10-6-4-7-11-18)22-26-28-29-30(22)20-12-8-5-9-13-20/h4,6-7,10-11,19-20,27H,5,8-9,12-17H2,1-3H3,(H,25,31). The molecule has 2 aromatic rings. The molecule has 1 amide bonds. The third-order valence-corrected chi connectivity index (χ3v) is 7.36. The number of hydrogen-bond acceptors (Lipinski definition) is 5. The molecule has 2 N–H and O–H groups in total. The van der Waals surface area contributed by atoms with Crippen molar-refractivity contribution in [2.75, 3.05) is 0 Å². The van der Waals surface area contributed by atoms with Crippen LogP contribution in [-0.2, 0) is 5.54 Å². The van der Waals surface area contributed by atoms with E-state index >= 15 is 0 Å². The molecule has 1 heterocycles. The number of hydrogen-bond donors (Lipinski definition) is 2. The topological polar surface area (TPSA) is 84.7 Å². The first-order chi connectivity index (χ1) is 14.9. The molecule has 1 aromatic carbocycles. The van der Waals surface area contributed by atoms with E-state index in [1.165, 1.54) is 19.3 Å². The van der Waals surface area contributed by atoms with Gasteiger partial charge in [-0.2, -0.15) is 0 Å². The van der Waals surface area contributed by atoms with Crippen LogP contribution in [0.15, 0.2) is 30.3 Å². The van der Waals surface area contributed by atoms with Gasteiger partial charge in [0, 0.05) is 5.56 Å². The first-order valence-corrected chi connectivity index (χ1v) is 11.8. The molecule has 2 aliphatic rings. The fourth-order valence-electron chi connectivity index (χ4n) is 5.30. The van der Waals surface area contributed by atoms with E-state index in [9.17, 15) is 4.79 Å². The minimum atomic E-state index is -0.451. The van der Waals surface area contributed by atoms with Crippen molar-refractivity contribution in [3.63, 3.8) is 0 Å². The van der Waals surface area contributed by atoms with E-state index in [-0.39, 0.29) is 11.3 Å². The van der Waals surface area contributed by atoms with E-state index < -0.39 is 5.54 Å². The molecule has 0 atom stereocenters. The summed E-state index contributed by atoms with van der Waals surface area (Å²) in [6.45, 7) is 6.96. The van der Waals surface area contributed by atoms with Gasteiger partial charge in [0.15, 0.2) is 5.82 Å². The van der Waals surface area contributed by atoms with E-state index in [4.69, 9.17) is 0 Å². The lowest BCUT2D eigenvalue weighted by Gasteiger charge is -2.44. The van der Waals surface area contributed by atoms with Gasteiger partial charge in [-0.25, -0.2) is 10.1 Å². The summed E-state index contributed by atoms with van der Waals surface area (Å²) in [5.41, 5.74) is 6.87. The van der Waals surface area contributed by atoms with Crippen LogP contribution < -0.4 is 10.9 Å². The zero-order valence-electron chi connectivity index (χ0n) is 19.1. The molecule has 168 valence electrons. The molecule has 2 aliphatic carbocycles. The molecule has 0 saturated heterocycles. The van der Waals surface area contributed by atoms with Gasteiger partial charge in [0.25, 0.3) is 5.91 Å². The molecule has 4 rings (SSSR count). The Hall–Kier alpha value is -2.28. The Morgan fingerprint density at radius 1 is 1.03 bits per heavy atom. The van der Waals surface area contributed by atoms with Gasteiger partial charge in [0.2, 0.25) is 0 Å². The van der Waals surface area contributed by atoms with Crippen molar-refractivity contribution in [1.82, 2.24) is 31.1 Å². The van der Waals surface area contributed by atoms with Crippen molar-refractivity contribution in [2.24, 2.45) is 11.3 Å². The molecule has 0 bridgehead atoms. The van der Waals surface area contributed by atoms with E-state index in [0.717, 1.165) is 44.3 Å². The number of amides is 1. The van der Waals surface area contributed by atoms with E-state index in [0.29, 0.717) is 17.5 Å². The number of carbonyl (C=O) groups excluding carboxylic acids is 1. The highest BCUT2D eigenvalue weighted by Crippen LogP contribution is 2.45. The molecule has 2 fully saturated rings. The average Bonchev–Trinajstić information content (AvgIpc) is 3.29. The Labute approximate surface area is 185 Å². The normalized spacial score (nSPS) is 25.3. The number of tetrazole rings is 1. The minimum absolute atomic E-state index is 0.130. The number of aromatic nitrogens is 4. The maximum absolute atomic E-state index is 12.8. The maximum atomic E-state index is 12.8. The van der Waals surface area contributed by atoms with Crippen LogP contribution in [0.2, 0.25) is 0 Å². The summed E-state index contributed by atoms with van der Waals surface area (Å²) in [6, 6.07) is 9.67. The van der Waals surface area contributed by atoms with Crippen LogP contribution in [0.5, 0.6) is 0 Å². The second-order valence-corrected chi connectivity index (χ2v) is 10.4. The quantitative estimate of drug-likeness (QED) is 0.688. The van der Waals surface area contributed by atoms with Crippen molar-refractivity contribution in [2.45, 2.75) is 90.1 Å². The zero-order valence-corrected chi connectivity index (χ0v) is 19.1. The van der Waals surface area contributed by atoms with Crippen LogP contribution >= 0.6 is 0 Å². The monoisotopic (exact) mass is 424 g/mol. The Kier molecular flexibility index (Phi) is 6.42. The molecule has 7 nitrogen and oxygen atoms in total. The Morgan fingerprint density at radius 2 is 1.71 bits per heavy atom. The molecule has 1 aromatic heterocycles. The van der Waals surface area contributed by atoms with Crippen LogP contribution in [0.25, 0.3) is 0 Å². The highest BCUT2D eigenvalue weighted by molar-refractivity contribution is 5.93. The first kappa shape index (κ1) is 21.9. The van der Waals surface area contributed by atoms with Crippen LogP contribution in [0.4, 0.5) is 0 Å². The molecule has 0 spiro atoms. The SMILES string of the molecule is CC(C)(C)C1CCC(NNC(=O)c2ccccc2)(c2nnnn2C2CCCCC2)CC1. The number of nitrogens with one attached hydrogen (secondary N) is 2. The van der Waals surface area contributed by atoms with Gasteiger partial charge in [-0.1, -0.05) is 58.2 Å². The summed E-state index contributed by atoms with van der Waals surface area (Å²) in [6.07, 6.45) is 9.93. The lowest BCUT2D eigenvalue weighted by molar-refractivity contribution is 0.0748. The second kappa shape index (κ2) is 9.07. The molecular formula is C24H36N6O. The van der Waals surface area contributed by atoms with Gasteiger partial charge in [-0.3, -0.25) is 10.2 Å². The molecule has 31 heavy (non-hydrogen) atoms. The third kappa shape index (κ3) is 4.81. The summed E-state index contributed by atoms with van der Waals surface area (Å²) in [5.74, 6) is 1.39. The van der Waals surface area contributed by atoms with Gasteiger partial charge in [-0.15, -0.1) is 5.10 Å². The molecule has 0 aliphatic heterocycles. The average molecular weight is 425 g/mol. The number of rotatable bonds is 5. The molecule has 0 unspecified atom stereocenters. The van der Waals surface area contributed by atoms with E-state index in [1.807, 2.05) is 30.3 Å². The predicted molar refractivity (Wildman–Crippen MR) is 120 cm³/mol. The maximum Gasteiger partial charge on any atom is 0.265 e. The van der Waals surface area contributed by atoms with Crippen molar-refractivity contribution in [1.29, 1.82) is 0 Å². The van der Waals surface area contributed by atoms with Crippen LogP contribution in [0, 0.1) is 11.3 Å². The van der Waals surface area contributed by atoms with Gasteiger partial charge < -0.3 is 0 Å². The lowest BCUT2D eigenvalue weighted by atomic mass is 9.67. The fraction of sp³-hybridized carbons (Fsp3) is 0.667. The largest absolute Gasteiger partial charge is 0.286 e. The van der Waals surface area contributed by atoms with Crippen LogP contribution in [-0.4, -0.2) is 26.1 Å². The van der Waals surface area contributed by atoms with Crippen LogP contribution in [0.1, 0.15) is 101 Å². The Balaban J connectivity index is 1.58. The van der Waals surface area contributed by atoms with Gasteiger partial charge in [0.1, 0.15) is 0 Å².